The standard InChI is InChI=1S/C23H29N3O8S3/c1-33-23(28)21-18-5-3-4-6-19(18)35-22(21)24-20(27)15-26(36(2,29)30)16-7-9-17(10-8-16)37(31,32)25-11-13-34-14-12-25/h7-10H,3-6,11-15H2,1-2H3,(H,24,27). The number of carbonyl (C=O) groups is 2. The van der Waals surface area contributed by atoms with Gasteiger partial charge in [-0.05, 0) is 55.5 Å². The first kappa shape index (κ1) is 27.5. The van der Waals surface area contributed by atoms with Gasteiger partial charge < -0.3 is 14.8 Å². The van der Waals surface area contributed by atoms with Gasteiger partial charge in [-0.1, -0.05) is 0 Å². The van der Waals surface area contributed by atoms with E-state index >= 15 is 0 Å². The summed E-state index contributed by atoms with van der Waals surface area (Å²) in [5.41, 5.74) is 1.33. The molecule has 1 aromatic carbocycles. The summed E-state index contributed by atoms with van der Waals surface area (Å²) in [7, 11) is -6.38. The fourth-order valence-electron chi connectivity index (χ4n) is 4.39. The highest BCUT2D eigenvalue weighted by atomic mass is 32.2. The molecule has 1 aromatic heterocycles. The largest absolute Gasteiger partial charge is 0.465 e. The number of hydrogen-bond acceptors (Lipinski definition) is 9. The zero-order chi connectivity index (χ0) is 26.8. The quantitative estimate of drug-likeness (QED) is 0.474. The van der Waals surface area contributed by atoms with Gasteiger partial charge in [-0.25, -0.2) is 21.6 Å². The highest BCUT2D eigenvalue weighted by Gasteiger charge is 2.29. The summed E-state index contributed by atoms with van der Waals surface area (Å²) < 4.78 is 63.2. The van der Waals surface area contributed by atoms with Crippen LogP contribution < -0.4 is 9.62 Å². The molecule has 1 saturated heterocycles. The number of morpholine rings is 1. The van der Waals surface area contributed by atoms with E-state index in [0.717, 1.165) is 40.3 Å². The van der Waals surface area contributed by atoms with Crippen LogP contribution in [0, 0.1) is 0 Å². The van der Waals surface area contributed by atoms with Gasteiger partial charge >= 0.3 is 5.97 Å². The molecule has 11 nitrogen and oxygen atoms in total. The van der Waals surface area contributed by atoms with Crippen molar-refractivity contribution in [3.05, 3.63) is 40.3 Å². The van der Waals surface area contributed by atoms with Crippen LogP contribution in [-0.2, 0) is 47.2 Å². The van der Waals surface area contributed by atoms with Crippen molar-refractivity contribution in [2.45, 2.75) is 30.6 Å². The SMILES string of the molecule is COC(=O)c1c(NC(=O)CN(c2ccc(S(=O)(=O)N3CCOCC3)cc2)S(C)(=O)=O)sc2c1CCCC2. The average Bonchev–Trinajstić information content (AvgIpc) is 3.24. The van der Waals surface area contributed by atoms with Crippen molar-refractivity contribution < 1.29 is 35.9 Å². The van der Waals surface area contributed by atoms with E-state index in [1.165, 1.54) is 47.0 Å². The Morgan fingerprint density at radius 3 is 2.35 bits per heavy atom. The molecule has 1 fully saturated rings. The second-order valence-electron chi connectivity index (χ2n) is 8.73. The molecule has 0 saturated carbocycles. The van der Waals surface area contributed by atoms with E-state index in [4.69, 9.17) is 9.47 Å². The lowest BCUT2D eigenvalue weighted by Crippen LogP contribution is -2.40. The Balaban J connectivity index is 1.55. The van der Waals surface area contributed by atoms with Crippen LogP contribution in [0.1, 0.15) is 33.6 Å². The number of methoxy groups -OCH3 is 1. The number of rotatable bonds is 8. The summed E-state index contributed by atoms with van der Waals surface area (Å²) in [5, 5.41) is 3.03. The van der Waals surface area contributed by atoms with Crippen LogP contribution in [0.3, 0.4) is 0 Å². The van der Waals surface area contributed by atoms with Gasteiger partial charge in [-0.15, -0.1) is 11.3 Å². The number of sulfonamides is 2. The Morgan fingerprint density at radius 1 is 1.08 bits per heavy atom. The van der Waals surface area contributed by atoms with Crippen molar-refractivity contribution in [3.8, 4) is 0 Å². The van der Waals surface area contributed by atoms with Crippen molar-refractivity contribution in [3.63, 3.8) is 0 Å². The number of carbonyl (C=O) groups excluding carboxylic acids is 2. The van der Waals surface area contributed by atoms with E-state index in [0.29, 0.717) is 30.2 Å². The molecule has 202 valence electrons. The number of anilines is 2. The number of fused-ring (bicyclic) bond motifs is 1. The lowest BCUT2D eigenvalue weighted by atomic mass is 9.95. The van der Waals surface area contributed by atoms with Crippen LogP contribution >= 0.6 is 11.3 Å². The van der Waals surface area contributed by atoms with Crippen molar-refractivity contribution in [1.29, 1.82) is 0 Å². The zero-order valence-corrected chi connectivity index (χ0v) is 23.0. The first-order valence-electron chi connectivity index (χ1n) is 11.7. The maximum atomic E-state index is 13.0. The molecule has 1 amide bonds. The van der Waals surface area contributed by atoms with Crippen molar-refractivity contribution in [2.75, 3.05) is 55.8 Å². The van der Waals surface area contributed by atoms with Crippen LogP contribution in [0.5, 0.6) is 0 Å². The molecule has 37 heavy (non-hydrogen) atoms. The lowest BCUT2D eigenvalue weighted by molar-refractivity contribution is -0.114. The van der Waals surface area contributed by atoms with Crippen molar-refractivity contribution in [2.24, 2.45) is 0 Å². The molecule has 0 bridgehead atoms. The first-order chi connectivity index (χ1) is 17.5. The number of thiophene rings is 1. The Bertz CT molecular complexity index is 1380. The third-order valence-corrected chi connectivity index (χ3v) is 10.5. The number of amides is 1. The van der Waals surface area contributed by atoms with Gasteiger partial charge in [0.15, 0.2) is 0 Å². The topological polar surface area (TPSA) is 139 Å². The second-order valence-corrected chi connectivity index (χ2v) is 13.7. The predicted molar refractivity (Wildman–Crippen MR) is 139 cm³/mol. The molecule has 1 aliphatic carbocycles. The summed E-state index contributed by atoms with van der Waals surface area (Å²) in [6.45, 7) is 0.523. The minimum absolute atomic E-state index is 0.0166. The summed E-state index contributed by atoms with van der Waals surface area (Å²) in [6.07, 6.45) is 4.39. The smallest absolute Gasteiger partial charge is 0.341 e. The molecular formula is C23H29N3O8S3. The fourth-order valence-corrected chi connectivity index (χ4v) is 7.95. The Hall–Kier alpha value is -2.52. The number of hydrogen-bond donors (Lipinski definition) is 1. The minimum Gasteiger partial charge on any atom is -0.465 e. The maximum Gasteiger partial charge on any atom is 0.341 e. The van der Waals surface area contributed by atoms with Crippen LogP contribution in [0.25, 0.3) is 0 Å². The molecule has 0 radical (unpaired) electrons. The molecule has 1 N–H and O–H groups in total. The van der Waals surface area contributed by atoms with Gasteiger partial charge in [0.2, 0.25) is 26.0 Å². The summed E-state index contributed by atoms with van der Waals surface area (Å²) >= 11 is 1.30. The molecule has 2 aliphatic rings. The van der Waals surface area contributed by atoms with Crippen LogP contribution in [0.2, 0.25) is 0 Å². The highest BCUT2D eigenvalue weighted by molar-refractivity contribution is 7.92. The molecule has 0 atom stereocenters. The second kappa shape index (κ2) is 11.1. The van der Waals surface area contributed by atoms with Gasteiger partial charge in [0.05, 0.1) is 42.7 Å². The van der Waals surface area contributed by atoms with Crippen LogP contribution in [0.15, 0.2) is 29.2 Å². The number of nitrogens with one attached hydrogen (secondary N) is 1. The van der Waals surface area contributed by atoms with Gasteiger partial charge in [-0.2, -0.15) is 4.31 Å². The molecule has 2 heterocycles. The van der Waals surface area contributed by atoms with E-state index in [-0.39, 0.29) is 23.7 Å². The van der Waals surface area contributed by atoms with Gasteiger partial charge in [-0.3, -0.25) is 9.10 Å². The summed E-state index contributed by atoms with van der Waals surface area (Å²) in [5.74, 6) is -1.19. The Kier molecular flexibility index (Phi) is 8.23. The zero-order valence-electron chi connectivity index (χ0n) is 20.6. The first-order valence-corrected chi connectivity index (χ1v) is 15.8. The number of aryl methyl sites for hydroxylation is 1. The number of benzene rings is 1. The van der Waals surface area contributed by atoms with Crippen LogP contribution in [0.4, 0.5) is 10.7 Å². The predicted octanol–water partition coefficient (Wildman–Crippen LogP) is 1.84. The van der Waals surface area contributed by atoms with Gasteiger partial charge in [0, 0.05) is 18.0 Å². The van der Waals surface area contributed by atoms with Gasteiger partial charge in [0.25, 0.3) is 0 Å². The number of esters is 1. The van der Waals surface area contributed by atoms with E-state index in [2.05, 4.69) is 5.32 Å². The molecule has 0 spiro atoms. The Labute approximate surface area is 220 Å². The van der Waals surface area contributed by atoms with E-state index in [9.17, 15) is 26.4 Å². The average molecular weight is 572 g/mol. The fraction of sp³-hybridized carbons (Fsp3) is 0.478. The summed E-state index contributed by atoms with van der Waals surface area (Å²) in [4.78, 5) is 26.5. The summed E-state index contributed by atoms with van der Waals surface area (Å²) in [6, 6.07) is 5.34. The third-order valence-electron chi connectivity index (χ3n) is 6.23. The molecule has 0 unspecified atom stereocenters. The molecule has 14 heteroatoms. The molecule has 1 aliphatic heterocycles. The Morgan fingerprint density at radius 2 is 1.73 bits per heavy atom. The van der Waals surface area contributed by atoms with Crippen molar-refractivity contribution >= 4 is 53.9 Å². The molecule has 4 rings (SSSR count). The normalized spacial score (nSPS) is 16.6. The highest BCUT2D eigenvalue weighted by Crippen LogP contribution is 2.38. The molecular weight excluding hydrogens is 542 g/mol. The maximum absolute atomic E-state index is 13.0. The number of ether oxygens (including phenoxy) is 2. The lowest BCUT2D eigenvalue weighted by Gasteiger charge is -2.26. The van der Waals surface area contributed by atoms with E-state index < -0.39 is 38.5 Å². The minimum atomic E-state index is -3.90. The van der Waals surface area contributed by atoms with Gasteiger partial charge in [0.1, 0.15) is 11.5 Å². The van der Waals surface area contributed by atoms with E-state index in [1.807, 2.05) is 0 Å². The third kappa shape index (κ3) is 5.98. The van der Waals surface area contributed by atoms with E-state index in [1.54, 1.807) is 0 Å². The van der Waals surface area contributed by atoms with Crippen LogP contribution in [-0.4, -0.2) is 79.2 Å². The van der Waals surface area contributed by atoms with Crippen molar-refractivity contribution in [1.82, 2.24) is 4.31 Å². The number of nitrogens with zero attached hydrogens (tertiary/aromatic N) is 2. The monoisotopic (exact) mass is 571 g/mol. The molecule has 2 aromatic rings.